The van der Waals surface area contributed by atoms with Crippen molar-refractivity contribution in [3.05, 3.63) is 35.1 Å². The van der Waals surface area contributed by atoms with Gasteiger partial charge in [-0.15, -0.1) is 11.2 Å². The van der Waals surface area contributed by atoms with Crippen LogP contribution in [0.3, 0.4) is 0 Å². The van der Waals surface area contributed by atoms with E-state index in [1.54, 1.807) is 6.07 Å². The Bertz CT molecular complexity index is 342. The second-order valence-electron chi connectivity index (χ2n) is 4.33. The fraction of sp³-hybridized carbons (Fsp3) is 0.455. The van der Waals surface area contributed by atoms with E-state index in [0.717, 1.165) is 12.1 Å². The van der Waals surface area contributed by atoms with Crippen molar-refractivity contribution >= 4 is 5.69 Å². The quantitative estimate of drug-likeness (QED) is 0.641. The van der Waals surface area contributed by atoms with Crippen molar-refractivity contribution in [1.82, 2.24) is 0 Å². The van der Waals surface area contributed by atoms with E-state index >= 15 is 0 Å². The molecule has 0 aliphatic carbocycles. The van der Waals surface area contributed by atoms with Gasteiger partial charge < -0.3 is 5.32 Å². The Morgan fingerprint density at radius 2 is 1.62 bits per heavy atom. The molecular formula is C11H13F3LiN. The van der Waals surface area contributed by atoms with Gasteiger partial charge >= 0.3 is 25.0 Å². The predicted octanol–water partition coefficient (Wildman–Crippen LogP) is 1.51. The fourth-order valence-electron chi connectivity index (χ4n) is 1.14. The Kier molecular flexibility index (Phi) is 4.97. The monoisotopic (exact) mass is 223 g/mol. The first-order valence-corrected chi connectivity index (χ1v) is 4.59. The molecular weight excluding hydrogens is 210 g/mol. The third-order valence-electron chi connectivity index (χ3n) is 1.64. The third kappa shape index (κ3) is 4.96. The summed E-state index contributed by atoms with van der Waals surface area (Å²) < 4.78 is 37.1. The zero-order chi connectivity index (χ0) is 11.7. The van der Waals surface area contributed by atoms with Crippen LogP contribution in [0, 0.1) is 0 Å². The Hall–Kier alpha value is -0.593. The van der Waals surface area contributed by atoms with Crippen molar-refractivity contribution in [2.24, 2.45) is 0 Å². The molecule has 5 heteroatoms. The van der Waals surface area contributed by atoms with Crippen molar-refractivity contribution in [3.8, 4) is 0 Å². The third-order valence-corrected chi connectivity index (χ3v) is 1.64. The molecule has 0 aliphatic rings. The standard InChI is InChI=1S/C11H13F3N.Li/c1-10(2,3)15-9-6-4-5-8(7-9)11(12,13)14;/h4-7H,1-3H3;/q-1;+1. The van der Waals surface area contributed by atoms with Crippen LogP contribution in [0.25, 0.3) is 5.32 Å². The summed E-state index contributed by atoms with van der Waals surface area (Å²) in [5.41, 5.74) is -0.671. The Labute approximate surface area is 106 Å². The number of hydrogen-bond donors (Lipinski definition) is 0. The zero-order valence-electron chi connectivity index (χ0n) is 9.89. The maximum atomic E-state index is 12.4. The van der Waals surface area contributed by atoms with Crippen LogP contribution in [0.15, 0.2) is 24.3 Å². The summed E-state index contributed by atoms with van der Waals surface area (Å²) in [7, 11) is 0. The largest absolute Gasteiger partial charge is 1.00 e. The Morgan fingerprint density at radius 3 is 2.06 bits per heavy atom. The van der Waals surface area contributed by atoms with Gasteiger partial charge in [0.1, 0.15) is 0 Å². The molecule has 1 rings (SSSR count). The van der Waals surface area contributed by atoms with Crippen molar-refractivity contribution in [2.75, 3.05) is 0 Å². The first kappa shape index (κ1) is 15.4. The van der Waals surface area contributed by atoms with Gasteiger partial charge in [-0.2, -0.15) is 13.2 Å². The van der Waals surface area contributed by atoms with E-state index in [1.165, 1.54) is 6.07 Å². The van der Waals surface area contributed by atoms with Gasteiger partial charge in [0, 0.05) is 0 Å². The van der Waals surface area contributed by atoms with E-state index in [4.69, 9.17) is 0 Å². The van der Waals surface area contributed by atoms with E-state index < -0.39 is 11.7 Å². The summed E-state index contributed by atoms with van der Waals surface area (Å²) >= 11 is 0. The van der Waals surface area contributed by atoms with Crippen LogP contribution in [0.2, 0.25) is 0 Å². The van der Waals surface area contributed by atoms with Crippen LogP contribution >= 0.6 is 0 Å². The number of halogens is 3. The molecule has 16 heavy (non-hydrogen) atoms. The maximum absolute atomic E-state index is 12.4. The van der Waals surface area contributed by atoms with Gasteiger partial charge in [-0.1, -0.05) is 45.0 Å². The SMILES string of the molecule is CC(C)(C)[N-]c1cccc(C(F)(F)F)c1.[Li+]. The van der Waals surface area contributed by atoms with Gasteiger partial charge in [0.25, 0.3) is 0 Å². The summed E-state index contributed by atoms with van der Waals surface area (Å²) in [6.45, 7) is 5.52. The molecule has 0 radical (unpaired) electrons. The summed E-state index contributed by atoms with van der Waals surface area (Å²) in [6, 6.07) is 5.04. The van der Waals surface area contributed by atoms with Crippen LogP contribution in [0.1, 0.15) is 26.3 Å². The van der Waals surface area contributed by atoms with Gasteiger partial charge in [-0.25, -0.2) is 0 Å². The molecule has 84 valence electrons. The Morgan fingerprint density at radius 1 is 1.06 bits per heavy atom. The molecule has 0 atom stereocenters. The average molecular weight is 223 g/mol. The van der Waals surface area contributed by atoms with Crippen LogP contribution in [0.4, 0.5) is 18.9 Å². The number of nitrogens with zero attached hydrogens (tertiary/aromatic N) is 1. The molecule has 1 aromatic carbocycles. The van der Waals surface area contributed by atoms with E-state index in [9.17, 15) is 13.2 Å². The van der Waals surface area contributed by atoms with Gasteiger partial charge in [-0.05, 0) is 0 Å². The topological polar surface area (TPSA) is 14.1 Å². The fourth-order valence-corrected chi connectivity index (χ4v) is 1.14. The molecule has 1 nitrogen and oxygen atoms in total. The molecule has 0 saturated heterocycles. The van der Waals surface area contributed by atoms with Gasteiger partial charge in [0.05, 0.1) is 5.56 Å². The van der Waals surface area contributed by atoms with Crippen molar-refractivity contribution in [3.63, 3.8) is 0 Å². The van der Waals surface area contributed by atoms with Crippen LogP contribution in [-0.2, 0) is 6.18 Å². The van der Waals surface area contributed by atoms with Crippen molar-refractivity contribution in [2.45, 2.75) is 32.5 Å². The molecule has 0 spiro atoms. The molecule has 0 N–H and O–H groups in total. The second kappa shape index (κ2) is 5.16. The van der Waals surface area contributed by atoms with Crippen molar-refractivity contribution in [1.29, 1.82) is 0 Å². The molecule has 0 saturated carbocycles. The van der Waals surface area contributed by atoms with Crippen molar-refractivity contribution < 1.29 is 32.0 Å². The maximum Gasteiger partial charge on any atom is 1.00 e. The van der Waals surface area contributed by atoms with Gasteiger partial charge in [-0.3, -0.25) is 0 Å². The molecule has 0 aromatic heterocycles. The number of alkyl halides is 3. The average Bonchev–Trinajstić information content (AvgIpc) is 1.99. The van der Waals surface area contributed by atoms with E-state index in [0.29, 0.717) is 5.69 Å². The number of benzene rings is 1. The normalized spacial score (nSPS) is 11.9. The minimum absolute atomic E-state index is 0. The summed E-state index contributed by atoms with van der Waals surface area (Å²) in [5.74, 6) is 0. The van der Waals surface area contributed by atoms with Crippen LogP contribution in [-0.4, -0.2) is 5.54 Å². The minimum atomic E-state index is -4.30. The first-order valence-electron chi connectivity index (χ1n) is 4.59. The smallest absolute Gasteiger partial charge is 0.680 e. The molecule has 0 bridgehead atoms. The van der Waals surface area contributed by atoms with E-state index in [-0.39, 0.29) is 24.4 Å². The molecule has 0 aliphatic heterocycles. The van der Waals surface area contributed by atoms with Crippen LogP contribution < -0.4 is 18.9 Å². The van der Waals surface area contributed by atoms with Gasteiger partial charge in [0.15, 0.2) is 0 Å². The zero-order valence-corrected chi connectivity index (χ0v) is 9.89. The predicted molar refractivity (Wildman–Crippen MR) is 54.2 cm³/mol. The second-order valence-corrected chi connectivity index (χ2v) is 4.33. The van der Waals surface area contributed by atoms with Gasteiger partial charge in [0.2, 0.25) is 0 Å². The summed E-state index contributed by atoms with van der Waals surface area (Å²) in [5, 5.41) is 4.17. The molecule has 1 aromatic rings. The van der Waals surface area contributed by atoms with E-state index in [2.05, 4.69) is 5.32 Å². The van der Waals surface area contributed by atoms with Crippen LogP contribution in [0.5, 0.6) is 0 Å². The Balaban J connectivity index is 0.00000225. The molecule has 0 unspecified atom stereocenters. The minimum Gasteiger partial charge on any atom is -0.680 e. The van der Waals surface area contributed by atoms with E-state index in [1.807, 2.05) is 20.8 Å². The molecule has 0 heterocycles. The molecule has 0 fully saturated rings. The summed E-state index contributed by atoms with van der Waals surface area (Å²) in [6.07, 6.45) is -4.30. The number of hydrogen-bond acceptors (Lipinski definition) is 0. The molecule has 0 amide bonds. The number of rotatable bonds is 1. The first-order chi connectivity index (χ1) is 6.68. The summed E-state index contributed by atoms with van der Waals surface area (Å²) in [4.78, 5) is 0.